The maximum atomic E-state index is 11.5. The molecule has 1 fully saturated rings. The average Bonchev–Trinajstić information content (AvgIpc) is 2.31. The van der Waals surface area contributed by atoms with E-state index in [2.05, 4.69) is 6.58 Å². The van der Waals surface area contributed by atoms with Gasteiger partial charge in [0.2, 0.25) is 0 Å². The van der Waals surface area contributed by atoms with E-state index in [1.165, 1.54) is 0 Å². The predicted octanol–water partition coefficient (Wildman–Crippen LogP) is 2.10. The standard InChI is InChI=1S/C13H22O4S/c1-4-18(15,16)9-11-5-7-12(8-6-11)17-13(14)10(2)3/h11-12H,2,4-9H2,1,3H3. The number of rotatable bonds is 5. The molecular weight excluding hydrogens is 252 g/mol. The van der Waals surface area contributed by atoms with Crippen LogP contribution in [0.15, 0.2) is 12.2 Å². The van der Waals surface area contributed by atoms with Crippen LogP contribution in [0.3, 0.4) is 0 Å². The van der Waals surface area contributed by atoms with Crippen molar-refractivity contribution in [3.8, 4) is 0 Å². The van der Waals surface area contributed by atoms with E-state index < -0.39 is 9.84 Å². The van der Waals surface area contributed by atoms with Crippen LogP contribution in [0.5, 0.6) is 0 Å². The Kier molecular flexibility index (Phi) is 5.38. The van der Waals surface area contributed by atoms with Crippen molar-refractivity contribution in [2.45, 2.75) is 45.6 Å². The molecule has 0 heterocycles. The topological polar surface area (TPSA) is 60.4 Å². The molecule has 0 atom stereocenters. The molecule has 4 nitrogen and oxygen atoms in total. The van der Waals surface area contributed by atoms with Crippen molar-refractivity contribution in [1.29, 1.82) is 0 Å². The van der Waals surface area contributed by atoms with Gasteiger partial charge in [-0.15, -0.1) is 0 Å². The Bertz CT molecular complexity index is 403. The minimum Gasteiger partial charge on any atom is -0.459 e. The van der Waals surface area contributed by atoms with E-state index in [4.69, 9.17) is 4.74 Å². The zero-order valence-electron chi connectivity index (χ0n) is 11.1. The third-order valence-corrected chi connectivity index (χ3v) is 5.20. The molecule has 0 saturated heterocycles. The maximum absolute atomic E-state index is 11.5. The fraction of sp³-hybridized carbons (Fsp3) is 0.769. The Morgan fingerprint density at radius 1 is 1.28 bits per heavy atom. The summed E-state index contributed by atoms with van der Waals surface area (Å²) in [5.41, 5.74) is 0.408. The Morgan fingerprint density at radius 3 is 2.28 bits per heavy atom. The molecule has 0 aliphatic heterocycles. The number of carbonyl (C=O) groups excluding carboxylic acids is 1. The molecule has 0 aromatic rings. The summed E-state index contributed by atoms with van der Waals surface area (Å²) in [6.45, 7) is 6.84. The van der Waals surface area contributed by atoms with Gasteiger partial charge in [-0.1, -0.05) is 13.5 Å². The predicted molar refractivity (Wildman–Crippen MR) is 71.0 cm³/mol. The summed E-state index contributed by atoms with van der Waals surface area (Å²) in [7, 11) is -2.89. The third-order valence-electron chi connectivity index (χ3n) is 3.35. The molecule has 5 heteroatoms. The lowest BCUT2D eigenvalue weighted by Gasteiger charge is -2.28. The second-order valence-electron chi connectivity index (χ2n) is 5.03. The molecule has 1 aliphatic carbocycles. The fourth-order valence-corrected chi connectivity index (χ4v) is 3.43. The molecule has 1 aliphatic rings. The molecular formula is C13H22O4S. The van der Waals surface area contributed by atoms with Crippen molar-refractivity contribution in [3.05, 3.63) is 12.2 Å². The lowest BCUT2D eigenvalue weighted by Crippen LogP contribution is -2.28. The van der Waals surface area contributed by atoms with Crippen LogP contribution >= 0.6 is 0 Å². The van der Waals surface area contributed by atoms with E-state index >= 15 is 0 Å². The van der Waals surface area contributed by atoms with Gasteiger partial charge >= 0.3 is 5.97 Å². The fourth-order valence-electron chi connectivity index (χ4n) is 2.15. The number of esters is 1. The molecule has 1 saturated carbocycles. The van der Waals surface area contributed by atoms with E-state index in [1.807, 2.05) is 0 Å². The van der Waals surface area contributed by atoms with Crippen molar-refractivity contribution in [2.75, 3.05) is 11.5 Å². The SMILES string of the molecule is C=C(C)C(=O)OC1CCC(CS(=O)(=O)CC)CC1. The minimum absolute atomic E-state index is 0.0743. The number of ether oxygens (including phenoxy) is 1. The van der Waals surface area contributed by atoms with Crippen molar-refractivity contribution in [2.24, 2.45) is 5.92 Å². The molecule has 0 amide bonds. The maximum Gasteiger partial charge on any atom is 0.333 e. The summed E-state index contributed by atoms with van der Waals surface area (Å²) in [6, 6.07) is 0. The van der Waals surface area contributed by atoms with Crippen LogP contribution < -0.4 is 0 Å². The number of carbonyl (C=O) groups is 1. The Labute approximate surface area is 109 Å². The highest BCUT2D eigenvalue weighted by Gasteiger charge is 2.26. The van der Waals surface area contributed by atoms with Crippen molar-refractivity contribution >= 4 is 15.8 Å². The van der Waals surface area contributed by atoms with Gasteiger partial charge in [-0.3, -0.25) is 0 Å². The van der Waals surface area contributed by atoms with Gasteiger partial charge in [-0.25, -0.2) is 13.2 Å². The molecule has 1 rings (SSSR count). The zero-order chi connectivity index (χ0) is 13.8. The molecule has 0 N–H and O–H groups in total. The van der Waals surface area contributed by atoms with Crippen LogP contribution in [0.1, 0.15) is 39.5 Å². The number of sulfone groups is 1. The first-order valence-electron chi connectivity index (χ1n) is 6.41. The van der Waals surface area contributed by atoms with Gasteiger partial charge in [0, 0.05) is 11.3 Å². The Balaban J connectivity index is 2.37. The van der Waals surface area contributed by atoms with E-state index in [9.17, 15) is 13.2 Å². The normalized spacial score (nSPS) is 24.6. The second-order valence-corrected chi connectivity index (χ2v) is 7.43. The lowest BCUT2D eigenvalue weighted by atomic mass is 9.89. The quantitative estimate of drug-likeness (QED) is 0.569. The lowest BCUT2D eigenvalue weighted by molar-refractivity contribution is -0.146. The van der Waals surface area contributed by atoms with Crippen molar-refractivity contribution in [3.63, 3.8) is 0 Å². The van der Waals surface area contributed by atoms with Gasteiger partial charge in [-0.05, 0) is 38.5 Å². The summed E-state index contributed by atoms with van der Waals surface area (Å²) in [5.74, 6) is 0.344. The molecule has 104 valence electrons. The van der Waals surface area contributed by atoms with Gasteiger partial charge in [-0.2, -0.15) is 0 Å². The first kappa shape index (κ1) is 15.2. The highest BCUT2D eigenvalue weighted by Crippen LogP contribution is 2.27. The summed E-state index contributed by atoms with van der Waals surface area (Å²) in [4.78, 5) is 11.4. The Morgan fingerprint density at radius 2 is 1.83 bits per heavy atom. The van der Waals surface area contributed by atoms with Gasteiger partial charge < -0.3 is 4.74 Å². The van der Waals surface area contributed by atoms with Crippen LogP contribution in [0, 0.1) is 5.92 Å². The van der Waals surface area contributed by atoms with Crippen LogP contribution in [-0.2, 0) is 19.4 Å². The van der Waals surface area contributed by atoms with E-state index in [0.29, 0.717) is 5.57 Å². The monoisotopic (exact) mass is 274 g/mol. The number of hydrogen-bond donors (Lipinski definition) is 0. The average molecular weight is 274 g/mol. The van der Waals surface area contributed by atoms with Crippen molar-refractivity contribution in [1.82, 2.24) is 0 Å². The largest absolute Gasteiger partial charge is 0.459 e. The molecule has 0 radical (unpaired) electrons. The van der Waals surface area contributed by atoms with Gasteiger partial charge in [0.25, 0.3) is 0 Å². The van der Waals surface area contributed by atoms with Crippen molar-refractivity contribution < 1.29 is 17.9 Å². The van der Waals surface area contributed by atoms with Gasteiger partial charge in [0.15, 0.2) is 0 Å². The first-order valence-corrected chi connectivity index (χ1v) is 8.23. The Hall–Kier alpha value is -0.840. The smallest absolute Gasteiger partial charge is 0.333 e. The van der Waals surface area contributed by atoms with Crippen LogP contribution in [0.25, 0.3) is 0 Å². The minimum atomic E-state index is -2.89. The van der Waals surface area contributed by atoms with Crippen LogP contribution in [-0.4, -0.2) is 32.0 Å². The summed E-state index contributed by atoms with van der Waals surface area (Å²) < 4.78 is 28.3. The summed E-state index contributed by atoms with van der Waals surface area (Å²) >= 11 is 0. The summed E-state index contributed by atoms with van der Waals surface area (Å²) in [5, 5.41) is 0. The molecule has 0 spiro atoms. The highest BCUT2D eigenvalue weighted by atomic mass is 32.2. The third kappa shape index (κ3) is 4.80. The molecule has 0 unspecified atom stereocenters. The van der Waals surface area contributed by atoms with E-state index in [0.717, 1.165) is 25.7 Å². The molecule has 18 heavy (non-hydrogen) atoms. The second kappa shape index (κ2) is 6.36. The van der Waals surface area contributed by atoms with Gasteiger partial charge in [0.1, 0.15) is 15.9 Å². The van der Waals surface area contributed by atoms with Crippen LogP contribution in [0.2, 0.25) is 0 Å². The highest BCUT2D eigenvalue weighted by molar-refractivity contribution is 7.91. The molecule has 0 aromatic carbocycles. The van der Waals surface area contributed by atoms with E-state index in [-0.39, 0.29) is 29.5 Å². The molecule has 0 bridgehead atoms. The first-order chi connectivity index (χ1) is 8.34. The summed E-state index contributed by atoms with van der Waals surface area (Å²) in [6.07, 6.45) is 3.06. The number of hydrogen-bond acceptors (Lipinski definition) is 4. The zero-order valence-corrected chi connectivity index (χ0v) is 12.0. The van der Waals surface area contributed by atoms with Crippen LogP contribution in [0.4, 0.5) is 0 Å². The molecule has 0 aromatic heterocycles. The van der Waals surface area contributed by atoms with Gasteiger partial charge in [0.05, 0.1) is 5.75 Å². The van der Waals surface area contributed by atoms with E-state index in [1.54, 1.807) is 13.8 Å².